The quantitative estimate of drug-likeness (QED) is 0.519. The summed E-state index contributed by atoms with van der Waals surface area (Å²) in [6, 6.07) is 0. The maximum atomic E-state index is 11.1. The predicted molar refractivity (Wildman–Crippen MR) is 73.1 cm³/mol. The average Bonchev–Trinajstić information content (AvgIpc) is 2.39. The first-order valence-electron chi connectivity index (χ1n) is 7.06. The van der Waals surface area contributed by atoms with Crippen molar-refractivity contribution in [3.8, 4) is 0 Å². The number of carbonyl (C=O) groups is 1. The van der Waals surface area contributed by atoms with Gasteiger partial charge in [-0.1, -0.05) is 0 Å². The number of nitrogens with zero attached hydrogens (tertiary/aromatic N) is 1. The molecular weight excluding hydrogens is 246 g/mol. The Hall–Kier alpha value is -0.650. The van der Waals surface area contributed by atoms with Crippen molar-refractivity contribution in [2.24, 2.45) is 0 Å². The van der Waals surface area contributed by atoms with Crippen LogP contribution in [0, 0.1) is 0 Å². The topological polar surface area (TPSA) is 48.0 Å². The number of hydrogen-bond donors (Lipinski definition) is 0. The van der Waals surface area contributed by atoms with Gasteiger partial charge in [0, 0.05) is 40.3 Å². The number of esters is 1. The molecule has 1 fully saturated rings. The Bertz CT molecular complexity index is 275. The van der Waals surface area contributed by atoms with E-state index >= 15 is 0 Å². The molecule has 0 aromatic heterocycles. The summed E-state index contributed by atoms with van der Waals surface area (Å²) in [4.78, 5) is 13.5. The lowest BCUT2D eigenvalue weighted by molar-refractivity contribution is -0.173. The molecule has 19 heavy (non-hydrogen) atoms. The monoisotopic (exact) mass is 273 g/mol. The summed E-state index contributed by atoms with van der Waals surface area (Å²) in [5.74, 6) is -0.247. The molecule has 112 valence electrons. The third kappa shape index (κ3) is 4.75. The maximum Gasteiger partial charge on any atom is 0.302 e. The van der Waals surface area contributed by atoms with Crippen LogP contribution in [0.5, 0.6) is 0 Å². The van der Waals surface area contributed by atoms with Crippen LogP contribution >= 0.6 is 0 Å². The lowest BCUT2D eigenvalue weighted by atomic mass is 9.86. The van der Waals surface area contributed by atoms with Crippen LogP contribution in [-0.4, -0.2) is 62.5 Å². The molecule has 0 bridgehead atoms. The molecule has 1 heterocycles. The lowest BCUT2D eigenvalue weighted by Crippen LogP contribution is -2.53. The molecule has 0 saturated carbocycles. The van der Waals surface area contributed by atoms with E-state index in [1.165, 1.54) is 6.92 Å². The van der Waals surface area contributed by atoms with Crippen molar-refractivity contribution in [3.05, 3.63) is 0 Å². The Kier molecular flexibility index (Phi) is 6.75. The van der Waals surface area contributed by atoms with Crippen LogP contribution in [0.1, 0.15) is 33.6 Å². The summed E-state index contributed by atoms with van der Waals surface area (Å²) in [7, 11) is 1.70. The van der Waals surface area contributed by atoms with E-state index in [-0.39, 0.29) is 17.7 Å². The van der Waals surface area contributed by atoms with E-state index in [2.05, 4.69) is 4.90 Å². The van der Waals surface area contributed by atoms with E-state index in [4.69, 9.17) is 14.2 Å². The molecule has 5 nitrogen and oxygen atoms in total. The third-order valence-corrected chi connectivity index (χ3v) is 3.95. The minimum Gasteiger partial charge on any atom is -0.460 e. The molecule has 1 saturated heterocycles. The normalized spacial score (nSPS) is 21.1. The van der Waals surface area contributed by atoms with Crippen molar-refractivity contribution in [1.29, 1.82) is 0 Å². The Morgan fingerprint density at radius 2 is 2.00 bits per heavy atom. The molecule has 0 aromatic rings. The Labute approximate surface area is 116 Å². The predicted octanol–water partition coefficient (Wildman–Crippen LogP) is 1.46. The van der Waals surface area contributed by atoms with Crippen LogP contribution in [0.3, 0.4) is 0 Å². The van der Waals surface area contributed by atoms with Crippen LogP contribution < -0.4 is 0 Å². The van der Waals surface area contributed by atoms with Gasteiger partial charge in [-0.25, -0.2) is 0 Å². The zero-order chi connectivity index (χ0) is 14.3. The van der Waals surface area contributed by atoms with Crippen molar-refractivity contribution in [1.82, 2.24) is 4.90 Å². The first-order chi connectivity index (χ1) is 9.04. The van der Waals surface area contributed by atoms with Crippen molar-refractivity contribution >= 4 is 5.97 Å². The summed E-state index contributed by atoms with van der Waals surface area (Å²) in [5, 5.41) is 0. The Morgan fingerprint density at radius 1 is 1.37 bits per heavy atom. The summed E-state index contributed by atoms with van der Waals surface area (Å²) in [5.41, 5.74) is -0.340. The SMILES string of the molecule is CCOCCN1CCC(OC)(C(C)OC(C)=O)CC1. The smallest absolute Gasteiger partial charge is 0.302 e. The highest BCUT2D eigenvalue weighted by Crippen LogP contribution is 2.31. The second-order valence-corrected chi connectivity index (χ2v) is 5.06. The zero-order valence-corrected chi connectivity index (χ0v) is 12.6. The fourth-order valence-corrected chi connectivity index (χ4v) is 2.63. The van der Waals surface area contributed by atoms with E-state index in [1.54, 1.807) is 7.11 Å². The van der Waals surface area contributed by atoms with Crippen molar-refractivity contribution in [2.45, 2.75) is 45.3 Å². The molecule has 1 unspecified atom stereocenters. The van der Waals surface area contributed by atoms with Crippen LogP contribution in [0.25, 0.3) is 0 Å². The second kappa shape index (κ2) is 7.82. The third-order valence-electron chi connectivity index (χ3n) is 3.95. The molecular formula is C14H27NO4. The number of carbonyl (C=O) groups excluding carboxylic acids is 1. The van der Waals surface area contributed by atoms with Gasteiger partial charge in [-0.2, -0.15) is 0 Å². The summed E-state index contributed by atoms with van der Waals surface area (Å²) < 4.78 is 16.4. The molecule has 1 aliphatic heterocycles. The maximum absolute atomic E-state index is 11.1. The van der Waals surface area contributed by atoms with Gasteiger partial charge in [0.05, 0.1) is 6.61 Å². The number of piperidine rings is 1. The van der Waals surface area contributed by atoms with Gasteiger partial charge >= 0.3 is 5.97 Å². The van der Waals surface area contributed by atoms with Crippen molar-refractivity contribution < 1.29 is 19.0 Å². The Morgan fingerprint density at radius 3 is 2.47 bits per heavy atom. The average molecular weight is 273 g/mol. The molecule has 0 spiro atoms. The highest BCUT2D eigenvalue weighted by atomic mass is 16.6. The molecule has 1 atom stereocenters. The van der Waals surface area contributed by atoms with Gasteiger partial charge in [0.1, 0.15) is 11.7 Å². The minimum atomic E-state index is -0.340. The largest absolute Gasteiger partial charge is 0.460 e. The van der Waals surface area contributed by atoms with E-state index < -0.39 is 0 Å². The van der Waals surface area contributed by atoms with Crippen LogP contribution in [0.2, 0.25) is 0 Å². The van der Waals surface area contributed by atoms with E-state index in [1.807, 2.05) is 13.8 Å². The van der Waals surface area contributed by atoms with Crippen LogP contribution in [0.4, 0.5) is 0 Å². The van der Waals surface area contributed by atoms with Gasteiger partial charge in [0.2, 0.25) is 0 Å². The first kappa shape index (κ1) is 16.4. The Balaban J connectivity index is 2.45. The van der Waals surface area contributed by atoms with Gasteiger partial charge in [-0.05, 0) is 26.7 Å². The zero-order valence-electron chi connectivity index (χ0n) is 12.6. The van der Waals surface area contributed by atoms with Crippen LogP contribution in [-0.2, 0) is 19.0 Å². The molecule has 0 N–H and O–H groups in total. The number of rotatable bonds is 7. The number of ether oxygens (including phenoxy) is 3. The summed E-state index contributed by atoms with van der Waals surface area (Å²) >= 11 is 0. The molecule has 1 aliphatic rings. The van der Waals surface area contributed by atoms with E-state index in [0.29, 0.717) is 0 Å². The van der Waals surface area contributed by atoms with Crippen LogP contribution in [0.15, 0.2) is 0 Å². The van der Waals surface area contributed by atoms with E-state index in [9.17, 15) is 4.79 Å². The molecule has 0 aromatic carbocycles. The van der Waals surface area contributed by atoms with Gasteiger partial charge in [-0.3, -0.25) is 4.79 Å². The highest BCUT2D eigenvalue weighted by molar-refractivity contribution is 5.66. The molecule has 0 aliphatic carbocycles. The second-order valence-electron chi connectivity index (χ2n) is 5.06. The molecule has 0 radical (unpaired) electrons. The molecule has 0 amide bonds. The van der Waals surface area contributed by atoms with Gasteiger partial charge in [0.15, 0.2) is 0 Å². The number of likely N-dealkylation sites (tertiary alicyclic amines) is 1. The minimum absolute atomic E-state index is 0.205. The number of hydrogen-bond acceptors (Lipinski definition) is 5. The van der Waals surface area contributed by atoms with Gasteiger partial charge < -0.3 is 19.1 Å². The first-order valence-corrected chi connectivity index (χ1v) is 7.06. The molecule has 1 rings (SSSR count). The number of methoxy groups -OCH3 is 1. The lowest BCUT2D eigenvalue weighted by Gasteiger charge is -2.43. The van der Waals surface area contributed by atoms with E-state index in [0.717, 1.165) is 45.7 Å². The fraction of sp³-hybridized carbons (Fsp3) is 0.929. The molecule has 5 heteroatoms. The summed E-state index contributed by atoms with van der Waals surface area (Å²) in [6.07, 6.45) is 1.55. The fourth-order valence-electron chi connectivity index (χ4n) is 2.63. The van der Waals surface area contributed by atoms with Crippen molar-refractivity contribution in [2.75, 3.05) is 40.0 Å². The summed E-state index contributed by atoms with van der Waals surface area (Å²) in [6.45, 7) is 9.76. The standard InChI is InChI=1S/C14H27NO4/c1-5-18-11-10-15-8-6-14(17-4,7-9-15)12(2)19-13(3)16/h12H,5-11H2,1-4H3. The van der Waals surface area contributed by atoms with Gasteiger partial charge in [0.25, 0.3) is 0 Å². The highest BCUT2D eigenvalue weighted by Gasteiger charge is 2.41. The van der Waals surface area contributed by atoms with Gasteiger partial charge in [-0.15, -0.1) is 0 Å². The van der Waals surface area contributed by atoms with Crippen molar-refractivity contribution in [3.63, 3.8) is 0 Å².